The molecule has 0 N–H and O–H groups in total. The van der Waals surface area contributed by atoms with Crippen LogP contribution in [0.15, 0.2) is 24.3 Å². The molecule has 1 nitrogen and oxygen atoms in total. The van der Waals surface area contributed by atoms with Crippen molar-refractivity contribution in [1.82, 2.24) is 0 Å². The van der Waals surface area contributed by atoms with Gasteiger partial charge < -0.3 is 4.74 Å². The van der Waals surface area contributed by atoms with Crippen LogP contribution in [0, 0.1) is 18.4 Å². The van der Waals surface area contributed by atoms with Gasteiger partial charge in [-0.2, -0.15) is 0 Å². The van der Waals surface area contributed by atoms with Crippen molar-refractivity contribution in [2.75, 3.05) is 6.61 Å². The molecule has 0 heterocycles. The summed E-state index contributed by atoms with van der Waals surface area (Å²) in [5, 5.41) is 0. The Kier molecular flexibility index (Phi) is 3.80. The number of benzene rings is 1. The number of terminal acetylenes is 1. The van der Waals surface area contributed by atoms with Crippen molar-refractivity contribution in [2.24, 2.45) is 0 Å². The molecular formula is C11H11O. The van der Waals surface area contributed by atoms with Gasteiger partial charge in [-0.05, 0) is 24.6 Å². The maximum Gasteiger partial charge on any atom is 0.119 e. The van der Waals surface area contributed by atoms with E-state index in [2.05, 4.69) is 12.0 Å². The van der Waals surface area contributed by atoms with Gasteiger partial charge in [-0.15, -0.1) is 12.3 Å². The molecule has 1 aromatic rings. The third kappa shape index (κ3) is 3.12. The second-order valence-corrected chi connectivity index (χ2v) is 2.40. The Morgan fingerprint density at radius 1 is 1.58 bits per heavy atom. The lowest BCUT2D eigenvalue weighted by atomic mass is 10.3. The number of rotatable bonds is 4. The summed E-state index contributed by atoms with van der Waals surface area (Å²) in [6.07, 6.45) is 6.78. The average molecular weight is 159 g/mol. The van der Waals surface area contributed by atoms with E-state index in [-0.39, 0.29) is 0 Å². The van der Waals surface area contributed by atoms with Crippen LogP contribution in [-0.2, 0) is 0 Å². The Labute approximate surface area is 73.4 Å². The lowest BCUT2D eigenvalue weighted by molar-refractivity contribution is 0.313. The van der Waals surface area contributed by atoms with Crippen LogP contribution >= 0.6 is 0 Å². The molecule has 0 aliphatic rings. The van der Waals surface area contributed by atoms with Crippen molar-refractivity contribution < 1.29 is 4.74 Å². The molecular weight excluding hydrogens is 148 g/mol. The van der Waals surface area contributed by atoms with Crippen LogP contribution in [0.2, 0.25) is 0 Å². The molecule has 0 saturated carbocycles. The third-order valence-corrected chi connectivity index (χ3v) is 1.41. The Bertz CT molecular complexity index is 245. The van der Waals surface area contributed by atoms with E-state index in [1.165, 1.54) is 0 Å². The quantitative estimate of drug-likeness (QED) is 0.483. The van der Waals surface area contributed by atoms with Crippen LogP contribution < -0.4 is 4.74 Å². The SMILES string of the molecule is C#CCCCOc1c[c]ccc1. The van der Waals surface area contributed by atoms with Gasteiger partial charge in [-0.25, -0.2) is 0 Å². The van der Waals surface area contributed by atoms with Gasteiger partial charge in [0.25, 0.3) is 0 Å². The Hall–Kier alpha value is -1.42. The standard InChI is InChI=1S/C11H11O/c1-2-3-7-10-12-11-8-5-4-6-9-11/h1,4-5,8-9H,3,7,10H2. The smallest absolute Gasteiger partial charge is 0.119 e. The van der Waals surface area contributed by atoms with Gasteiger partial charge in [-0.1, -0.05) is 12.1 Å². The third-order valence-electron chi connectivity index (χ3n) is 1.41. The molecule has 0 atom stereocenters. The summed E-state index contributed by atoms with van der Waals surface area (Å²) in [4.78, 5) is 0. The molecule has 0 spiro atoms. The molecule has 1 heteroatoms. The van der Waals surface area contributed by atoms with Crippen molar-refractivity contribution in [3.05, 3.63) is 30.3 Å². The fourth-order valence-corrected chi connectivity index (χ4v) is 0.831. The first-order valence-corrected chi connectivity index (χ1v) is 3.96. The second-order valence-electron chi connectivity index (χ2n) is 2.40. The first-order chi connectivity index (χ1) is 5.93. The van der Waals surface area contributed by atoms with Gasteiger partial charge >= 0.3 is 0 Å². The van der Waals surface area contributed by atoms with E-state index < -0.39 is 0 Å². The zero-order chi connectivity index (χ0) is 8.65. The maximum atomic E-state index is 5.38. The zero-order valence-corrected chi connectivity index (χ0v) is 6.92. The summed E-state index contributed by atoms with van der Waals surface area (Å²) in [7, 11) is 0. The van der Waals surface area contributed by atoms with Gasteiger partial charge in [0.05, 0.1) is 6.61 Å². The predicted octanol–water partition coefficient (Wildman–Crippen LogP) is 2.28. The highest BCUT2D eigenvalue weighted by atomic mass is 16.5. The highest BCUT2D eigenvalue weighted by Crippen LogP contribution is 2.07. The average Bonchev–Trinajstić information content (AvgIpc) is 2.14. The summed E-state index contributed by atoms with van der Waals surface area (Å²) < 4.78 is 5.38. The van der Waals surface area contributed by atoms with Gasteiger partial charge in [0.15, 0.2) is 0 Å². The minimum Gasteiger partial charge on any atom is -0.494 e. The van der Waals surface area contributed by atoms with E-state index in [9.17, 15) is 0 Å². The normalized spacial score (nSPS) is 8.92. The second kappa shape index (κ2) is 5.26. The summed E-state index contributed by atoms with van der Waals surface area (Å²) in [6.45, 7) is 0.683. The Morgan fingerprint density at radius 2 is 2.50 bits per heavy atom. The van der Waals surface area contributed by atoms with E-state index in [1.807, 2.05) is 24.3 Å². The van der Waals surface area contributed by atoms with Crippen molar-refractivity contribution in [3.63, 3.8) is 0 Å². The van der Waals surface area contributed by atoms with E-state index in [4.69, 9.17) is 11.2 Å². The monoisotopic (exact) mass is 159 g/mol. The van der Waals surface area contributed by atoms with Crippen LogP contribution in [-0.4, -0.2) is 6.61 Å². The molecule has 12 heavy (non-hydrogen) atoms. The maximum absolute atomic E-state index is 5.38. The van der Waals surface area contributed by atoms with Gasteiger partial charge in [0, 0.05) is 6.42 Å². The van der Waals surface area contributed by atoms with E-state index in [1.54, 1.807) is 0 Å². The number of hydrogen-bond donors (Lipinski definition) is 0. The fraction of sp³-hybridized carbons (Fsp3) is 0.273. The predicted molar refractivity (Wildman–Crippen MR) is 48.8 cm³/mol. The van der Waals surface area contributed by atoms with Crippen molar-refractivity contribution in [1.29, 1.82) is 0 Å². The molecule has 0 saturated heterocycles. The zero-order valence-electron chi connectivity index (χ0n) is 6.92. The Balaban J connectivity index is 2.21. The largest absolute Gasteiger partial charge is 0.494 e. The summed E-state index contributed by atoms with van der Waals surface area (Å²) in [5.74, 6) is 3.42. The molecule has 0 aromatic heterocycles. The van der Waals surface area contributed by atoms with E-state index in [0.29, 0.717) is 6.61 Å². The van der Waals surface area contributed by atoms with Gasteiger partial charge in [0.2, 0.25) is 0 Å². The highest BCUT2D eigenvalue weighted by molar-refractivity contribution is 5.19. The van der Waals surface area contributed by atoms with Gasteiger partial charge in [-0.3, -0.25) is 0 Å². The Morgan fingerprint density at radius 3 is 3.17 bits per heavy atom. The molecule has 0 aliphatic carbocycles. The lowest BCUT2D eigenvalue weighted by Gasteiger charge is -2.02. The molecule has 0 amide bonds. The molecule has 0 aliphatic heterocycles. The summed E-state index contributed by atoms with van der Waals surface area (Å²) in [5.41, 5.74) is 0. The van der Waals surface area contributed by atoms with E-state index >= 15 is 0 Å². The van der Waals surface area contributed by atoms with Crippen LogP contribution in [0.3, 0.4) is 0 Å². The molecule has 61 valence electrons. The molecule has 1 rings (SSSR count). The lowest BCUT2D eigenvalue weighted by Crippen LogP contribution is -1.95. The minimum atomic E-state index is 0.683. The summed E-state index contributed by atoms with van der Waals surface area (Å²) >= 11 is 0. The molecule has 0 bridgehead atoms. The van der Waals surface area contributed by atoms with Crippen molar-refractivity contribution in [2.45, 2.75) is 12.8 Å². The number of unbranched alkanes of at least 4 members (excludes halogenated alkanes) is 1. The molecule has 1 radical (unpaired) electrons. The van der Waals surface area contributed by atoms with Crippen molar-refractivity contribution in [3.8, 4) is 18.1 Å². The molecule has 0 fully saturated rings. The highest BCUT2D eigenvalue weighted by Gasteiger charge is 1.89. The first-order valence-electron chi connectivity index (χ1n) is 3.96. The summed E-state index contributed by atoms with van der Waals surface area (Å²) in [6, 6.07) is 10.4. The van der Waals surface area contributed by atoms with Crippen LogP contribution in [0.4, 0.5) is 0 Å². The topological polar surface area (TPSA) is 9.23 Å². The van der Waals surface area contributed by atoms with Crippen molar-refractivity contribution >= 4 is 0 Å². The van der Waals surface area contributed by atoms with Gasteiger partial charge in [0.1, 0.15) is 5.75 Å². The van der Waals surface area contributed by atoms with Crippen LogP contribution in [0.1, 0.15) is 12.8 Å². The van der Waals surface area contributed by atoms with Crippen LogP contribution in [0.25, 0.3) is 0 Å². The van der Waals surface area contributed by atoms with E-state index in [0.717, 1.165) is 18.6 Å². The molecule has 1 aromatic carbocycles. The fourth-order valence-electron chi connectivity index (χ4n) is 0.831. The number of ether oxygens (including phenoxy) is 1. The minimum absolute atomic E-state index is 0.683. The number of hydrogen-bond acceptors (Lipinski definition) is 1. The molecule has 0 unspecified atom stereocenters. The van der Waals surface area contributed by atoms with Crippen LogP contribution in [0.5, 0.6) is 5.75 Å². The first kappa shape index (κ1) is 8.67.